The maximum absolute atomic E-state index is 13.2. The van der Waals surface area contributed by atoms with Crippen molar-refractivity contribution in [3.05, 3.63) is 47.2 Å². The van der Waals surface area contributed by atoms with Crippen molar-refractivity contribution in [1.82, 2.24) is 0 Å². The molecule has 0 unspecified atom stereocenters. The van der Waals surface area contributed by atoms with Gasteiger partial charge in [0.1, 0.15) is 5.58 Å². The molecule has 3 aromatic rings. The Labute approximate surface area is 181 Å². The summed E-state index contributed by atoms with van der Waals surface area (Å²) in [7, 11) is 4.48. The Bertz CT molecular complexity index is 1060. The van der Waals surface area contributed by atoms with Crippen LogP contribution in [0.2, 0.25) is 0 Å². The summed E-state index contributed by atoms with van der Waals surface area (Å²) >= 11 is 2.00. The summed E-state index contributed by atoms with van der Waals surface area (Å²) < 4.78 is 22.1. The van der Waals surface area contributed by atoms with E-state index in [0.717, 1.165) is 5.39 Å². The van der Waals surface area contributed by atoms with Gasteiger partial charge in [-0.2, -0.15) is 0 Å². The summed E-state index contributed by atoms with van der Waals surface area (Å²) in [6.07, 6.45) is 0. The number of benzene rings is 2. The molecular formula is C21H20INO6. The summed E-state index contributed by atoms with van der Waals surface area (Å²) in [6.45, 7) is 1.81. The molecule has 7 nitrogen and oxygen atoms in total. The second-order valence-electron chi connectivity index (χ2n) is 6.19. The van der Waals surface area contributed by atoms with Gasteiger partial charge in [0.2, 0.25) is 17.4 Å². The number of aryl methyl sites for hydroxylation is 1. The largest absolute Gasteiger partial charge is 0.493 e. The number of carbonyl (C=O) groups is 2. The maximum Gasteiger partial charge on any atom is 0.234 e. The molecule has 0 radical (unpaired) electrons. The number of ketones is 1. The predicted octanol–water partition coefficient (Wildman–Crippen LogP) is 4.37. The van der Waals surface area contributed by atoms with Crippen LogP contribution in [0.25, 0.3) is 11.0 Å². The highest BCUT2D eigenvalue weighted by Gasteiger charge is 2.23. The number of ether oxygens (including phenoxy) is 3. The highest BCUT2D eigenvalue weighted by molar-refractivity contribution is 14.1. The smallest absolute Gasteiger partial charge is 0.234 e. The van der Waals surface area contributed by atoms with E-state index in [-0.39, 0.29) is 17.5 Å². The van der Waals surface area contributed by atoms with Gasteiger partial charge in [-0.25, -0.2) is 0 Å². The maximum atomic E-state index is 13.2. The van der Waals surface area contributed by atoms with Crippen LogP contribution in [-0.2, 0) is 4.79 Å². The molecule has 0 atom stereocenters. The first-order valence-electron chi connectivity index (χ1n) is 8.67. The van der Waals surface area contributed by atoms with Crippen LogP contribution >= 0.6 is 22.6 Å². The van der Waals surface area contributed by atoms with Crippen molar-refractivity contribution in [2.75, 3.05) is 31.1 Å². The molecule has 0 aliphatic heterocycles. The number of halogens is 1. The zero-order valence-electron chi connectivity index (χ0n) is 16.4. The highest BCUT2D eigenvalue weighted by atomic mass is 127. The van der Waals surface area contributed by atoms with Crippen LogP contribution in [0.4, 0.5) is 5.69 Å². The van der Waals surface area contributed by atoms with Gasteiger partial charge in [-0.1, -0.05) is 22.6 Å². The molecular weight excluding hydrogens is 489 g/mol. The monoisotopic (exact) mass is 509 g/mol. The molecule has 29 heavy (non-hydrogen) atoms. The summed E-state index contributed by atoms with van der Waals surface area (Å²) in [4.78, 5) is 24.8. The molecule has 8 heteroatoms. The fourth-order valence-electron chi connectivity index (χ4n) is 3.05. The van der Waals surface area contributed by atoms with Gasteiger partial charge in [-0.3, -0.25) is 9.59 Å². The number of alkyl halides is 1. The Balaban J connectivity index is 2.05. The third-order valence-corrected chi connectivity index (χ3v) is 5.17. The van der Waals surface area contributed by atoms with E-state index in [1.165, 1.54) is 21.3 Å². The average molecular weight is 509 g/mol. The first kappa shape index (κ1) is 21.0. The zero-order valence-corrected chi connectivity index (χ0v) is 18.6. The predicted molar refractivity (Wildman–Crippen MR) is 118 cm³/mol. The van der Waals surface area contributed by atoms with E-state index in [9.17, 15) is 9.59 Å². The van der Waals surface area contributed by atoms with Gasteiger partial charge >= 0.3 is 0 Å². The lowest BCUT2D eigenvalue weighted by molar-refractivity contribution is -0.113. The molecule has 0 saturated carbocycles. The third-order valence-electron chi connectivity index (χ3n) is 4.47. The van der Waals surface area contributed by atoms with Crippen molar-refractivity contribution in [1.29, 1.82) is 0 Å². The molecule has 1 N–H and O–H groups in total. The number of anilines is 1. The van der Waals surface area contributed by atoms with Crippen molar-refractivity contribution in [3.8, 4) is 17.2 Å². The van der Waals surface area contributed by atoms with Gasteiger partial charge in [-0.15, -0.1) is 0 Å². The molecule has 0 aliphatic rings. The van der Waals surface area contributed by atoms with E-state index in [2.05, 4.69) is 5.32 Å². The molecule has 0 bridgehead atoms. The van der Waals surface area contributed by atoms with Gasteiger partial charge in [0.25, 0.3) is 0 Å². The molecule has 0 spiro atoms. The van der Waals surface area contributed by atoms with Crippen LogP contribution in [-0.4, -0.2) is 37.4 Å². The van der Waals surface area contributed by atoms with E-state index in [1.807, 2.05) is 22.6 Å². The topological polar surface area (TPSA) is 87.0 Å². The summed E-state index contributed by atoms with van der Waals surface area (Å²) in [5.74, 6) is 0.978. The minimum Gasteiger partial charge on any atom is -0.493 e. The quantitative estimate of drug-likeness (QED) is 0.289. The van der Waals surface area contributed by atoms with Crippen molar-refractivity contribution in [2.45, 2.75) is 6.92 Å². The van der Waals surface area contributed by atoms with Crippen LogP contribution in [0.15, 0.2) is 34.7 Å². The van der Waals surface area contributed by atoms with Crippen LogP contribution < -0.4 is 19.5 Å². The lowest BCUT2D eigenvalue weighted by Gasteiger charge is -2.13. The summed E-state index contributed by atoms with van der Waals surface area (Å²) in [5.41, 5.74) is 2.24. The molecule has 2 aromatic carbocycles. The zero-order chi connectivity index (χ0) is 21.1. The van der Waals surface area contributed by atoms with Gasteiger partial charge in [0, 0.05) is 22.2 Å². The lowest BCUT2D eigenvalue weighted by atomic mass is 10.0. The lowest BCUT2D eigenvalue weighted by Crippen LogP contribution is -2.11. The Morgan fingerprint density at radius 2 is 1.69 bits per heavy atom. The van der Waals surface area contributed by atoms with Crippen molar-refractivity contribution < 1.29 is 28.2 Å². The van der Waals surface area contributed by atoms with Crippen LogP contribution in [0.3, 0.4) is 0 Å². The number of methoxy groups -OCH3 is 3. The van der Waals surface area contributed by atoms with Gasteiger partial charge in [0.05, 0.1) is 25.8 Å². The number of furan rings is 1. The Morgan fingerprint density at radius 3 is 2.24 bits per heavy atom. The van der Waals surface area contributed by atoms with Crippen molar-refractivity contribution >= 4 is 50.9 Å². The number of rotatable bonds is 7. The van der Waals surface area contributed by atoms with Crippen LogP contribution in [0.1, 0.15) is 21.7 Å². The standard InChI is InChI=1S/C21H20INO6/c1-11-14-9-13(23-18(24)10-22)5-6-15(14)29-20(11)19(25)12-7-16(26-2)21(28-4)17(8-12)27-3/h5-9H,10H2,1-4H3,(H,23,24). The number of carbonyl (C=O) groups excluding carboxylic acids is 2. The van der Waals surface area contributed by atoms with E-state index in [4.69, 9.17) is 18.6 Å². The molecule has 0 saturated heterocycles. The van der Waals surface area contributed by atoms with E-state index >= 15 is 0 Å². The molecule has 0 fully saturated rings. The first-order chi connectivity index (χ1) is 13.9. The SMILES string of the molecule is COc1cc(C(=O)c2oc3ccc(NC(=O)CI)cc3c2C)cc(OC)c1OC. The number of amides is 1. The van der Waals surface area contributed by atoms with E-state index in [0.29, 0.717) is 44.1 Å². The summed E-state index contributed by atoms with van der Waals surface area (Å²) in [5, 5.41) is 3.56. The Morgan fingerprint density at radius 1 is 1.03 bits per heavy atom. The van der Waals surface area contributed by atoms with Crippen LogP contribution in [0.5, 0.6) is 17.2 Å². The minimum absolute atomic E-state index is 0.0974. The third kappa shape index (κ3) is 4.02. The van der Waals surface area contributed by atoms with E-state index in [1.54, 1.807) is 37.3 Å². The first-order valence-corrected chi connectivity index (χ1v) is 10.2. The second-order valence-corrected chi connectivity index (χ2v) is 6.95. The Hall–Kier alpha value is -2.75. The molecule has 0 aliphatic carbocycles. The molecule has 1 heterocycles. The van der Waals surface area contributed by atoms with Crippen molar-refractivity contribution in [2.24, 2.45) is 0 Å². The molecule has 1 aromatic heterocycles. The number of hydrogen-bond donors (Lipinski definition) is 1. The summed E-state index contributed by atoms with van der Waals surface area (Å²) in [6, 6.07) is 8.44. The van der Waals surface area contributed by atoms with Gasteiger partial charge in [0.15, 0.2) is 17.3 Å². The highest BCUT2D eigenvalue weighted by Crippen LogP contribution is 2.39. The van der Waals surface area contributed by atoms with Crippen LogP contribution in [0, 0.1) is 6.92 Å². The molecule has 3 rings (SSSR count). The average Bonchev–Trinajstić information content (AvgIpc) is 3.07. The second kappa shape index (κ2) is 8.73. The number of nitrogens with one attached hydrogen (secondary N) is 1. The van der Waals surface area contributed by atoms with Gasteiger partial charge in [-0.05, 0) is 37.3 Å². The Kier molecular flexibility index (Phi) is 6.31. The van der Waals surface area contributed by atoms with Gasteiger partial charge < -0.3 is 23.9 Å². The van der Waals surface area contributed by atoms with E-state index < -0.39 is 0 Å². The number of hydrogen-bond acceptors (Lipinski definition) is 6. The fraction of sp³-hybridized carbons (Fsp3) is 0.238. The number of fused-ring (bicyclic) bond motifs is 1. The molecule has 152 valence electrons. The fourth-order valence-corrected chi connectivity index (χ4v) is 3.24. The molecule has 1 amide bonds. The van der Waals surface area contributed by atoms with Crippen molar-refractivity contribution in [3.63, 3.8) is 0 Å². The normalized spacial score (nSPS) is 10.7. The minimum atomic E-state index is -0.309.